The number of pyridine rings is 1. The monoisotopic (exact) mass is 527 g/mol. The number of hydrogen-bond acceptors (Lipinski definition) is 5. The molecule has 2 aromatic rings. The second-order valence-corrected chi connectivity index (χ2v) is 9.46. The largest absolute Gasteiger partial charge is 0.484 e. The van der Waals surface area contributed by atoms with Gasteiger partial charge in [-0.05, 0) is 80.5 Å². The molecule has 0 aliphatic heterocycles. The van der Waals surface area contributed by atoms with E-state index in [9.17, 15) is 0 Å². The second kappa shape index (κ2) is 11.1. The Morgan fingerprint density at radius 1 is 1.38 bits per heavy atom. The van der Waals surface area contributed by atoms with Gasteiger partial charge in [-0.2, -0.15) is 0 Å². The molecule has 7 heteroatoms. The molecular formula is C22H30IN3O2S. The van der Waals surface area contributed by atoms with E-state index in [-0.39, 0.29) is 11.6 Å². The number of rotatable bonds is 10. The molecule has 1 N–H and O–H groups in total. The molecule has 0 radical (unpaired) electrons. The lowest BCUT2D eigenvalue weighted by molar-refractivity contribution is 0.141. The Morgan fingerprint density at radius 2 is 2.14 bits per heavy atom. The number of hydrogen-bond donors (Lipinski definition) is 1. The molecule has 0 aliphatic rings. The summed E-state index contributed by atoms with van der Waals surface area (Å²) in [6.07, 6.45) is 6.22. The van der Waals surface area contributed by atoms with Crippen LogP contribution in [0.3, 0.4) is 0 Å². The molecule has 1 unspecified atom stereocenters. The third-order valence-corrected chi connectivity index (χ3v) is 5.42. The Balaban J connectivity index is 1.95. The standard InChI is InChI=1S/C22H30IN3O2S/c1-6-7-10-27-25-9-8-22(4,5)26-21(29)16(3)28-19-11-15(2)20-17(13-19)12-18(23)14-24-20/h9,11-14,16H,6-8,10H2,1-5H3,(H,26,29). The van der Waals surface area contributed by atoms with Crippen LogP contribution in [0.1, 0.15) is 52.5 Å². The van der Waals surface area contributed by atoms with Crippen LogP contribution >= 0.6 is 34.8 Å². The van der Waals surface area contributed by atoms with Crippen molar-refractivity contribution in [3.05, 3.63) is 33.5 Å². The van der Waals surface area contributed by atoms with Crippen molar-refractivity contribution in [1.29, 1.82) is 0 Å². The molecule has 0 spiro atoms. The number of halogens is 1. The number of thiocarbonyl (C=S) groups is 1. The number of ether oxygens (including phenoxy) is 1. The van der Waals surface area contributed by atoms with Crippen molar-refractivity contribution in [1.82, 2.24) is 10.3 Å². The average molecular weight is 527 g/mol. The quantitative estimate of drug-likeness (QED) is 0.139. The molecular weight excluding hydrogens is 497 g/mol. The van der Waals surface area contributed by atoms with Gasteiger partial charge in [-0.25, -0.2) is 0 Å². The smallest absolute Gasteiger partial charge is 0.146 e. The average Bonchev–Trinajstić information content (AvgIpc) is 2.63. The first-order valence-electron chi connectivity index (χ1n) is 9.90. The number of oxime groups is 1. The summed E-state index contributed by atoms with van der Waals surface area (Å²) in [5.74, 6) is 0.791. The van der Waals surface area contributed by atoms with E-state index in [0.717, 1.165) is 38.6 Å². The first kappa shape index (κ1) is 23.8. The third-order valence-electron chi connectivity index (χ3n) is 4.40. The van der Waals surface area contributed by atoms with Gasteiger partial charge in [0.15, 0.2) is 0 Å². The minimum Gasteiger partial charge on any atom is -0.484 e. The normalized spacial score (nSPS) is 12.9. The third kappa shape index (κ3) is 7.70. The van der Waals surface area contributed by atoms with Crippen molar-refractivity contribution in [3.8, 4) is 5.75 Å². The molecule has 1 heterocycles. The van der Waals surface area contributed by atoms with Gasteiger partial charge >= 0.3 is 0 Å². The zero-order valence-corrected chi connectivity index (χ0v) is 20.8. The van der Waals surface area contributed by atoms with Gasteiger partial charge in [-0.15, -0.1) is 0 Å². The van der Waals surface area contributed by atoms with E-state index in [1.807, 2.05) is 32.2 Å². The topological polar surface area (TPSA) is 55.7 Å². The summed E-state index contributed by atoms with van der Waals surface area (Å²) in [6.45, 7) is 10.9. The number of nitrogens with one attached hydrogen (secondary N) is 1. The molecule has 1 atom stereocenters. The van der Waals surface area contributed by atoms with Gasteiger partial charge in [-0.1, -0.05) is 30.7 Å². The van der Waals surface area contributed by atoms with Crippen LogP contribution in [-0.2, 0) is 4.84 Å². The zero-order chi connectivity index (χ0) is 21.4. The number of aromatic nitrogens is 1. The summed E-state index contributed by atoms with van der Waals surface area (Å²) < 4.78 is 7.22. The fraction of sp³-hybridized carbons (Fsp3) is 0.500. The molecule has 0 amide bonds. The highest BCUT2D eigenvalue weighted by atomic mass is 127. The van der Waals surface area contributed by atoms with E-state index in [0.29, 0.717) is 18.0 Å². The van der Waals surface area contributed by atoms with Crippen molar-refractivity contribution >= 4 is 56.9 Å². The van der Waals surface area contributed by atoms with Crippen LogP contribution in [0.2, 0.25) is 0 Å². The van der Waals surface area contributed by atoms with Crippen LogP contribution < -0.4 is 10.1 Å². The van der Waals surface area contributed by atoms with Gasteiger partial charge in [-0.3, -0.25) is 4.98 Å². The number of nitrogens with zero attached hydrogens (tertiary/aromatic N) is 2. The van der Waals surface area contributed by atoms with Gasteiger partial charge in [0.25, 0.3) is 0 Å². The first-order chi connectivity index (χ1) is 13.7. The molecule has 1 aromatic heterocycles. The van der Waals surface area contributed by atoms with Crippen molar-refractivity contribution in [2.75, 3.05) is 6.61 Å². The number of unbranched alkanes of at least 4 members (excludes halogenated alkanes) is 1. The SMILES string of the molecule is CCCCON=CCC(C)(C)NC(=S)C(C)Oc1cc(C)c2ncc(I)cc2c1. The van der Waals surface area contributed by atoms with Gasteiger partial charge in [0.2, 0.25) is 0 Å². The molecule has 0 bridgehead atoms. The van der Waals surface area contributed by atoms with E-state index in [1.165, 1.54) is 0 Å². The maximum absolute atomic E-state index is 6.13. The summed E-state index contributed by atoms with van der Waals surface area (Å²) >= 11 is 7.85. The van der Waals surface area contributed by atoms with Crippen LogP contribution in [0.5, 0.6) is 5.75 Å². The van der Waals surface area contributed by atoms with Crippen LogP contribution in [0, 0.1) is 10.5 Å². The first-order valence-corrected chi connectivity index (χ1v) is 11.4. The summed E-state index contributed by atoms with van der Waals surface area (Å²) in [5.41, 5.74) is 1.83. The lowest BCUT2D eigenvalue weighted by Gasteiger charge is -2.28. The van der Waals surface area contributed by atoms with E-state index < -0.39 is 0 Å². The summed E-state index contributed by atoms with van der Waals surface area (Å²) in [6, 6.07) is 6.13. The Bertz CT molecular complexity index is 871. The highest BCUT2D eigenvalue weighted by Crippen LogP contribution is 2.25. The Morgan fingerprint density at radius 3 is 2.86 bits per heavy atom. The highest BCUT2D eigenvalue weighted by Gasteiger charge is 2.21. The molecule has 0 fully saturated rings. The molecule has 0 saturated heterocycles. The number of benzene rings is 1. The van der Waals surface area contributed by atoms with E-state index in [4.69, 9.17) is 21.8 Å². The molecule has 29 heavy (non-hydrogen) atoms. The van der Waals surface area contributed by atoms with Gasteiger partial charge in [0.05, 0.1) is 5.52 Å². The van der Waals surface area contributed by atoms with Crippen molar-refractivity contribution in [2.45, 2.75) is 65.5 Å². The van der Waals surface area contributed by atoms with Crippen LogP contribution in [0.4, 0.5) is 0 Å². The van der Waals surface area contributed by atoms with Crippen LogP contribution in [-0.4, -0.2) is 34.4 Å². The molecule has 0 aliphatic carbocycles. The fourth-order valence-electron chi connectivity index (χ4n) is 2.76. The Hall–Kier alpha value is -1.48. The van der Waals surface area contributed by atoms with Gasteiger partial charge < -0.3 is 14.9 Å². The van der Waals surface area contributed by atoms with Gasteiger partial charge in [0, 0.05) is 33.3 Å². The maximum atomic E-state index is 6.13. The predicted octanol–water partition coefficient (Wildman–Crippen LogP) is 5.80. The lowest BCUT2D eigenvalue weighted by Crippen LogP contribution is -2.47. The van der Waals surface area contributed by atoms with Crippen LogP contribution in [0.25, 0.3) is 10.9 Å². The fourth-order valence-corrected chi connectivity index (χ4v) is 3.56. The van der Waals surface area contributed by atoms with Gasteiger partial charge in [0.1, 0.15) is 23.4 Å². The van der Waals surface area contributed by atoms with E-state index in [2.05, 4.69) is 64.9 Å². The minimum absolute atomic E-state index is 0.244. The molecule has 0 saturated carbocycles. The maximum Gasteiger partial charge on any atom is 0.146 e. The number of fused-ring (bicyclic) bond motifs is 1. The van der Waals surface area contributed by atoms with Crippen molar-refractivity contribution in [2.24, 2.45) is 5.16 Å². The second-order valence-electron chi connectivity index (χ2n) is 7.78. The summed E-state index contributed by atoms with van der Waals surface area (Å²) in [4.78, 5) is 10.4. The predicted molar refractivity (Wildman–Crippen MR) is 133 cm³/mol. The molecule has 158 valence electrons. The van der Waals surface area contributed by atoms with E-state index in [1.54, 1.807) is 6.21 Å². The Kier molecular flexibility index (Phi) is 9.07. The zero-order valence-electron chi connectivity index (χ0n) is 17.8. The summed E-state index contributed by atoms with van der Waals surface area (Å²) in [5, 5.41) is 8.47. The van der Waals surface area contributed by atoms with Crippen molar-refractivity contribution < 1.29 is 9.57 Å². The number of aryl methyl sites for hydroxylation is 1. The molecule has 2 rings (SSSR count). The lowest BCUT2D eigenvalue weighted by atomic mass is 10.0. The summed E-state index contributed by atoms with van der Waals surface area (Å²) in [7, 11) is 0. The minimum atomic E-state index is -0.255. The molecule has 1 aromatic carbocycles. The molecule has 5 nitrogen and oxygen atoms in total. The van der Waals surface area contributed by atoms with Crippen molar-refractivity contribution in [3.63, 3.8) is 0 Å². The van der Waals surface area contributed by atoms with E-state index >= 15 is 0 Å². The van der Waals surface area contributed by atoms with Crippen LogP contribution in [0.15, 0.2) is 29.6 Å². The highest BCUT2D eigenvalue weighted by molar-refractivity contribution is 14.1. The Labute approximate surface area is 192 Å².